The predicted molar refractivity (Wildman–Crippen MR) is 90.6 cm³/mol. The second kappa shape index (κ2) is 7.32. The molecule has 1 heterocycles. The van der Waals surface area contributed by atoms with Gasteiger partial charge < -0.3 is 14.6 Å². The molecule has 1 aliphatic rings. The molecule has 0 unspecified atom stereocenters. The molecule has 1 saturated heterocycles. The highest BCUT2D eigenvalue weighted by Gasteiger charge is 2.37. The van der Waals surface area contributed by atoms with Gasteiger partial charge >= 0.3 is 0 Å². The molecule has 3 rings (SSSR count). The van der Waals surface area contributed by atoms with Crippen LogP contribution in [0, 0.1) is 5.82 Å². The van der Waals surface area contributed by atoms with Crippen LogP contribution in [-0.2, 0) is 16.8 Å². The lowest BCUT2D eigenvalue weighted by Crippen LogP contribution is -2.40. The Labute approximate surface area is 142 Å². The van der Waals surface area contributed by atoms with Gasteiger partial charge in [0, 0.05) is 18.1 Å². The molecule has 0 radical (unpaired) electrons. The maximum absolute atomic E-state index is 14.1. The van der Waals surface area contributed by atoms with Gasteiger partial charge in [0.05, 0.1) is 12.7 Å². The first kappa shape index (κ1) is 16.9. The fourth-order valence-electron chi connectivity index (χ4n) is 3.36. The van der Waals surface area contributed by atoms with E-state index in [1.54, 1.807) is 0 Å². The van der Waals surface area contributed by atoms with Crippen molar-refractivity contribution in [1.82, 2.24) is 0 Å². The van der Waals surface area contributed by atoms with Crippen LogP contribution in [0.5, 0.6) is 5.75 Å². The Morgan fingerprint density at radius 2 is 2.04 bits per heavy atom. The van der Waals surface area contributed by atoms with Crippen molar-refractivity contribution in [3.8, 4) is 5.75 Å². The monoisotopic (exact) mass is 330 g/mol. The third kappa shape index (κ3) is 3.77. The zero-order valence-electron chi connectivity index (χ0n) is 13.9. The quantitative estimate of drug-likeness (QED) is 0.905. The summed E-state index contributed by atoms with van der Waals surface area (Å²) < 4.78 is 25.5. The minimum absolute atomic E-state index is 0.0255. The van der Waals surface area contributed by atoms with E-state index in [1.807, 2.05) is 43.3 Å². The van der Waals surface area contributed by atoms with Crippen LogP contribution in [0.15, 0.2) is 48.5 Å². The lowest BCUT2D eigenvalue weighted by atomic mass is 9.73. The Balaban J connectivity index is 1.82. The summed E-state index contributed by atoms with van der Waals surface area (Å²) in [6, 6.07) is 14.5. The first-order valence-corrected chi connectivity index (χ1v) is 8.31. The number of aliphatic hydroxyl groups excluding tert-OH is 1. The topological polar surface area (TPSA) is 38.7 Å². The number of benzene rings is 2. The highest BCUT2D eigenvalue weighted by molar-refractivity contribution is 5.36. The maximum Gasteiger partial charge on any atom is 0.127 e. The van der Waals surface area contributed by atoms with Gasteiger partial charge in [0.2, 0.25) is 0 Å². The minimum atomic E-state index is -0.468. The third-order valence-electron chi connectivity index (χ3n) is 4.70. The number of halogens is 1. The van der Waals surface area contributed by atoms with Crippen LogP contribution in [0.25, 0.3) is 0 Å². The van der Waals surface area contributed by atoms with E-state index in [0.717, 1.165) is 11.1 Å². The summed E-state index contributed by atoms with van der Waals surface area (Å²) in [6.45, 7) is 2.91. The Kier molecular flexibility index (Phi) is 5.17. The zero-order chi connectivity index (χ0) is 17.0. The maximum atomic E-state index is 14.1. The van der Waals surface area contributed by atoms with E-state index in [-0.39, 0.29) is 18.5 Å². The summed E-state index contributed by atoms with van der Waals surface area (Å²) >= 11 is 0. The molecule has 0 aliphatic carbocycles. The van der Waals surface area contributed by atoms with Gasteiger partial charge in [0.1, 0.15) is 18.2 Å². The van der Waals surface area contributed by atoms with Gasteiger partial charge in [-0.05, 0) is 43.0 Å². The number of rotatable bonds is 5. The molecule has 0 saturated carbocycles. The zero-order valence-corrected chi connectivity index (χ0v) is 13.9. The molecule has 1 aliphatic heterocycles. The van der Waals surface area contributed by atoms with Crippen molar-refractivity contribution in [2.75, 3.05) is 13.2 Å². The lowest BCUT2D eigenvalue weighted by molar-refractivity contribution is -0.0267. The molecule has 0 aromatic heterocycles. The lowest BCUT2D eigenvalue weighted by Gasteiger charge is -2.39. The van der Waals surface area contributed by atoms with Gasteiger partial charge in [-0.15, -0.1) is 0 Å². The molecule has 0 spiro atoms. The van der Waals surface area contributed by atoms with Crippen LogP contribution in [0.2, 0.25) is 0 Å². The molecule has 2 aromatic carbocycles. The first-order chi connectivity index (χ1) is 11.6. The van der Waals surface area contributed by atoms with Crippen LogP contribution in [0.1, 0.15) is 30.9 Å². The highest BCUT2D eigenvalue weighted by Crippen LogP contribution is 2.38. The fraction of sp³-hybridized carbons (Fsp3) is 0.400. The van der Waals surface area contributed by atoms with Gasteiger partial charge in [0.25, 0.3) is 0 Å². The first-order valence-electron chi connectivity index (χ1n) is 8.31. The summed E-state index contributed by atoms with van der Waals surface area (Å²) in [5.41, 5.74) is 1.34. The minimum Gasteiger partial charge on any atom is -0.489 e. The molecule has 2 aromatic rings. The van der Waals surface area contributed by atoms with Crippen molar-refractivity contribution in [1.29, 1.82) is 0 Å². The Morgan fingerprint density at radius 1 is 1.25 bits per heavy atom. The van der Waals surface area contributed by atoms with Crippen molar-refractivity contribution in [3.63, 3.8) is 0 Å². The van der Waals surface area contributed by atoms with E-state index < -0.39 is 5.41 Å². The third-order valence-corrected chi connectivity index (χ3v) is 4.70. The molecule has 0 amide bonds. The van der Waals surface area contributed by atoms with Crippen molar-refractivity contribution in [3.05, 3.63) is 65.5 Å². The van der Waals surface area contributed by atoms with Gasteiger partial charge in [-0.25, -0.2) is 4.39 Å². The molecule has 3 nitrogen and oxygen atoms in total. The molecule has 0 bridgehead atoms. The van der Waals surface area contributed by atoms with E-state index in [0.29, 0.717) is 31.8 Å². The summed E-state index contributed by atoms with van der Waals surface area (Å²) in [5.74, 6) is 0.142. The van der Waals surface area contributed by atoms with Crippen LogP contribution in [-0.4, -0.2) is 24.4 Å². The van der Waals surface area contributed by atoms with E-state index in [4.69, 9.17) is 9.47 Å². The van der Waals surface area contributed by atoms with Crippen molar-refractivity contribution in [2.45, 2.75) is 37.9 Å². The molecular formula is C20H23FO3. The van der Waals surface area contributed by atoms with Crippen LogP contribution in [0.3, 0.4) is 0 Å². The summed E-state index contributed by atoms with van der Waals surface area (Å²) in [4.78, 5) is 0. The molecule has 1 N–H and O–H groups in total. The average molecular weight is 330 g/mol. The predicted octanol–water partition coefficient (Wildman–Crippen LogP) is 3.83. The Morgan fingerprint density at radius 3 is 2.75 bits per heavy atom. The van der Waals surface area contributed by atoms with Crippen LogP contribution >= 0.6 is 0 Å². The number of aliphatic hydroxyl groups is 1. The van der Waals surface area contributed by atoms with Crippen LogP contribution < -0.4 is 4.74 Å². The smallest absolute Gasteiger partial charge is 0.127 e. The fourth-order valence-corrected chi connectivity index (χ4v) is 3.36. The second-order valence-electron chi connectivity index (χ2n) is 6.52. The number of ether oxygens (including phenoxy) is 2. The van der Waals surface area contributed by atoms with E-state index in [1.165, 1.54) is 12.1 Å². The Bertz CT molecular complexity index is 674. The summed E-state index contributed by atoms with van der Waals surface area (Å²) in [5, 5.41) is 9.98. The van der Waals surface area contributed by atoms with E-state index in [2.05, 4.69) is 0 Å². The molecular weight excluding hydrogens is 307 g/mol. The second-order valence-corrected chi connectivity index (χ2v) is 6.52. The van der Waals surface area contributed by atoms with Gasteiger partial charge in [0.15, 0.2) is 0 Å². The van der Waals surface area contributed by atoms with Crippen LogP contribution in [0.4, 0.5) is 4.39 Å². The highest BCUT2D eigenvalue weighted by atomic mass is 19.1. The van der Waals surface area contributed by atoms with Crippen molar-refractivity contribution < 1.29 is 19.0 Å². The van der Waals surface area contributed by atoms with Gasteiger partial charge in [-0.2, -0.15) is 0 Å². The standard InChI is InChI=1S/C20H23FO3/c1-15-12-20(14-22,7-8-23-15)17-9-18(21)11-19(10-17)24-13-16-5-3-2-4-6-16/h2-6,9-11,15,22H,7-8,12-14H2,1H3/t15-,20+/m0/s1. The normalized spacial score (nSPS) is 23.9. The Hall–Kier alpha value is -1.91. The molecule has 24 heavy (non-hydrogen) atoms. The van der Waals surface area contributed by atoms with Crippen molar-refractivity contribution >= 4 is 0 Å². The van der Waals surface area contributed by atoms with E-state index >= 15 is 0 Å². The molecule has 4 heteroatoms. The summed E-state index contributed by atoms with van der Waals surface area (Å²) in [6.07, 6.45) is 1.39. The number of hydrogen-bond acceptors (Lipinski definition) is 3. The molecule has 1 fully saturated rings. The largest absolute Gasteiger partial charge is 0.489 e. The average Bonchev–Trinajstić information content (AvgIpc) is 2.60. The number of hydrogen-bond donors (Lipinski definition) is 1. The van der Waals surface area contributed by atoms with E-state index in [9.17, 15) is 9.50 Å². The SMILES string of the molecule is C[C@H]1C[C@](CO)(c2cc(F)cc(OCc3ccccc3)c2)CCO1. The van der Waals surface area contributed by atoms with Gasteiger partial charge in [-0.3, -0.25) is 0 Å². The molecule has 128 valence electrons. The summed E-state index contributed by atoms with van der Waals surface area (Å²) in [7, 11) is 0. The molecule has 2 atom stereocenters. The van der Waals surface area contributed by atoms with Crippen molar-refractivity contribution in [2.24, 2.45) is 0 Å². The van der Waals surface area contributed by atoms with Gasteiger partial charge in [-0.1, -0.05) is 30.3 Å².